The molecular formula is C18H22N4O2. The predicted molar refractivity (Wildman–Crippen MR) is 90.3 cm³/mol. The summed E-state index contributed by atoms with van der Waals surface area (Å²) in [5, 5.41) is 29.1. The number of aliphatic hydroxyl groups excluding tert-OH is 1. The van der Waals surface area contributed by atoms with E-state index < -0.39 is 17.7 Å². The van der Waals surface area contributed by atoms with Crippen LogP contribution in [-0.4, -0.2) is 34.1 Å². The summed E-state index contributed by atoms with van der Waals surface area (Å²) in [7, 11) is 0. The Kier molecular flexibility index (Phi) is 5.11. The molecule has 0 spiro atoms. The van der Waals surface area contributed by atoms with Crippen LogP contribution in [0.4, 0.5) is 0 Å². The van der Waals surface area contributed by atoms with Crippen molar-refractivity contribution in [3.8, 4) is 18.0 Å². The molecule has 6 heteroatoms. The fourth-order valence-electron chi connectivity index (χ4n) is 3.12. The molecule has 126 valence electrons. The number of likely N-dealkylation sites (N-methyl/N-ethyl adjacent to an activating group) is 1. The van der Waals surface area contributed by atoms with Crippen LogP contribution in [0.15, 0.2) is 23.2 Å². The smallest absolute Gasteiger partial charge is 0.207 e. The van der Waals surface area contributed by atoms with E-state index in [1.807, 2.05) is 38.8 Å². The lowest BCUT2D eigenvalue weighted by Crippen LogP contribution is -2.54. The molecule has 0 bridgehead atoms. The second-order valence-electron chi connectivity index (χ2n) is 6.23. The van der Waals surface area contributed by atoms with Gasteiger partial charge in [0.05, 0.1) is 17.7 Å². The molecule has 6 nitrogen and oxygen atoms in total. The molecule has 0 saturated heterocycles. The van der Waals surface area contributed by atoms with Crippen molar-refractivity contribution in [2.75, 3.05) is 6.54 Å². The number of nitriles is 2. The number of ether oxygens (including phenoxy) is 1. The highest BCUT2D eigenvalue weighted by atomic mass is 16.5. The lowest BCUT2D eigenvalue weighted by molar-refractivity contribution is -0.0812. The minimum absolute atomic E-state index is 0.436. The number of hydrogen-bond donors (Lipinski definition) is 1. The van der Waals surface area contributed by atoms with Crippen LogP contribution in [-0.2, 0) is 0 Å². The quantitative estimate of drug-likeness (QED) is 0.524. The van der Waals surface area contributed by atoms with Crippen LogP contribution in [0, 0.1) is 22.8 Å². The van der Waals surface area contributed by atoms with E-state index in [2.05, 4.69) is 11.1 Å². The summed E-state index contributed by atoms with van der Waals surface area (Å²) in [4.78, 5) is 5.83. The fourth-order valence-corrected chi connectivity index (χ4v) is 3.12. The van der Waals surface area contributed by atoms with Crippen molar-refractivity contribution in [1.29, 1.82) is 10.5 Å². The Hall–Kier alpha value is -2.57. The number of nitrogens with zero attached hydrogens (tertiary/aromatic N) is 4. The summed E-state index contributed by atoms with van der Waals surface area (Å²) >= 11 is 0. The minimum Gasteiger partial charge on any atom is -0.485 e. The van der Waals surface area contributed by atoms with E-state index in [9.17, 15) is 10.4 Å². The SMILES string of the molecule is CCC(=NC#N)N(CC)[C@@H]1c2cc(C#N)ccc2OC(C)(C)[C@H]1O. The molecule has 1 aromatic carbocycles. The third kappa shape index (κ3) is 3.06. The van der Waals surface area contributed by atoms with Gasteiger partial charge in [0.1, 0.15) is 23.3 Å². The highest BCUT2D eigenvalue weighted by Crippen LogP contribution is 2.43. The van der Waals surface area contributed by atoms with Gasteiger partial charge in [-0.3, -0.25) is 0 Å². The normalized spacial score (nSPS) is 21.9. The number of rotatable bonds is 3. The highest BCUT2D eigenvalue weighted by molar-refractivity contribution is 5.83. The zero-order valence-corrected chi connectivity index (χ0v) is 14.4. The standard InChI is InChI=1S/C18H22N4O2/c1-5-15(21-11-20)22(6-2)16-13-9-12(10-19)7-8-14(13)24-18(3,4)17(16)23/h7-9,16-17,23H,5-6H2,1-4H3/t16-,17+/m1/s1. The molecule has 1 aromatic rings. The lowest BCUT2D eigenvalue weighted by Gasteiger charge is -2.46. The van der Waals surface area contributed by atoms with Crippen molar-refractivity contribution < 1.29 is 9.84 Å². The molecule has 0 unspecified atom stereocenters. The van der Waals surface area contributed by atoms with Gasteiger partial charge >= 0.3 is 0 Å². The Labute approximate surface area is 142 Å². The first-order valence-corrected chi connectivity index (χ1v) is 8.03. The number of hydrogen-bond acceptors (Lipinski definition) is 5. The predicted octanol–water partition coefficient (Wildman–Crippen LogP) is 2.74. The maximum atomic E-state index is 10.9. The van der Waals surface area contributed by atoms with E-state index in [4.69, 9.17) is 10.00 Å². The molecule has 1 aliphatic rings. The average molecular weight is 326 g/mol. The van der Waals surface area contributed by atoms with Gasteiger partial charge in [-0.1, -0.05) is 6.92 Å². The fraction of sp³-hybridized carbons (Fsp3) is 0.500. The largest absolute Gasteiger partial charge is 0.485 e. The van der Waals surface area contributed by atoms with E-state index in [0.717, 1.165) is 5.56 Å². The van der Waals surface area contributed by atoms with Crippen LogP contribution in [0.5, 0.6) is 5.75 Å². The Morgan fingerprint density at radius 2 is 2.08 bits per heavy atom. The van der Waals surface area contributed by atoms with Gasteiger partial charge in [-0.05, 0) is 39.0 Å². The lowest BCUT2D eigenvalue weighted by atomic mass is 9.84. The Bertz CT molecular complexity index is 728. The number of aliphatic hydroxyl groups is 1. The number of benzene rings is 1. The molecule has 0 aliphatic carbocycles. The Morgan fingerprint density at radius 3 is 2.62 bits per heavy atom. The van der Waals surface area contributed by atoms with E-state index >= 15 is 0 Å². The van der Waals surface area contributed by atoms with Crippen LogP contribution in [0.1, 0.15) is 51.3 Å². The molecule has 0 amide bonds. The first-order valence-electron chi connectivity index (χ1n) is 8.03. The van der Waals surface area contributed by atoms with Crippen LogP contribution >= 0.6 is 0 Å². The molecule has 1 aliphatic heterocycles. The van der Waals surface area contributed by atoms with E-state index in [-0.39, 0.29) is 0 Å². The van der Waals surface area contributed by atoms with Crippen LogP contribution in [0.3, 0.4) is 0 Å². The van der Waals surface area contributed by atoms with E-state index in [1.54, 1.807) is 18.2 Å². The molecule has 2 atom stereocenters. The second kappa shape index (κ2) is 6.90. The van der Waals surface area contributed by atoms with Crippen LogP contribution < -0.4 is 4.74 Å². The molecule has 0 saturated carbocycles. The number of amidine groups is 1. The van der Waals surface area contributed by atoms with Crippen molar-refractivity contribution in [2.45, 2.75) is 51.9 Å². The van der Waals surface area contributed by atoms with Gasteiger partial charge in [0.15, 0.2) is 0 Å². The van der Waals surface area contributed by atoms with Gasteiger partial charge in [0, 0.05) is 18.5 Å². The zero-order valence-electron chi connectivity index (χ0n) is 14.4. The Morgan fingerprint density at radius 1 is 1.38 bits per heavy atom. The summed E-state index contributed by atoms with van der Waals surface area (Å²) in [5.41, 5.74) is 0.437. The minimum atomic E-state index is -0.839. The van der Waals surface area contributed by atoms with Crippen molar-refractivity contribution in [3.05, 3.63) is 29.3 Å². The zero-order chi connectivity index (χ0) is 17.9. The monoisotopic (exact) mass is 326 g/mol. The van der Waals surface area contributed by atoms with Gasteiger partial charge in [0.25, 0.3) is 0 Å². The average Bonchev–Trinajstić information content (AvgIpc) is 2.57. The van der Waals surface area contributed by atoms with E-state index in [1.165, 1.54) is 0 Å². The third-order valence-corrected chi connectivity index (χ3v) is 4.35. The summed E-state index contributed by atoms with van der Waals surface area (Å²) in [6.07, 6.45) is 1.57. The van der Waals surface area contributed by atoms with Gasteiger partial charge in [-0.25, -0.2) is 0 Å². The maximum Gasteiger partial charge on any atom is 0.207 e. The Balaban J connectivity index is 2.64. The maximum absolute atomic E-state index is 10.9. The van der Waals surface area contributed by atoms with Gasteiger partial charge in [-0.2, -0.15) is 15.5 Å². The first kappa shape index (κ1) is 17.8. The van der Waals surface area contributed by atoms with Crippen molar-refractivity contribution in [1.82, 2.24) is 4.90 Å². The molecule has 0 fully saturated rings. The summed E-state index contributed by atoms with van der Waals surface area (Å²) in [6.45, 7) is 8.09. The summed E-state index contributed by atoms with van der Waals surface area (Å²) in [6, 6.07) is 6.88. The summed E-state index contributed by atoms with van der Waals surface area (Å²) in [5.74, 6) is 1.25. The summed E-state index contributed by atoms with van der Waals surface area (Å²) < 4.78 is 5.94. The number of aliphatic imine (C=N–C) groups is 1. The second-order valence-corrected chi connectivity index (χ2v) is 6.23. The number of fused-ring (bicyclic) bond motifs is 1. The molecule has 0 aromatic heterocycles. The van der Waals surface area contributed by atoms with Crippen molar-refractivity contribution >= 4 is 5.84 Å². The first-order chi connectivity index (χ1) is 11.4. The van der Waals surface area contributed by atoms with E-state index in [0.29, 0.717) is 30.1 Å². The van der Waals surface area contributed by atoms with Gasteiger partial charge < -0.3 is 14.7 Å². The van der Waals surface area contributed by atoms with Gasteiger partial charge in [0.2, 0.25) is 6.19 Å². The van der Waals surface area contributed by atoms with Crippen molar-refractivity contribution in [2.24, 2.45) is 4.99 Å². The molecule has 1 N–H and O–H groups in total. The van der Waals surface area contributed by atoms with Crippen molar-refractivity contribution in [3.63, 3.8) is 0 Å². The van der Waals surface area contributed by atoms with Gasteiger partial charge in [-0.15, -0.1) is 0 Å². The van der Waals surface area contributed by atoms with Crippen LogP contribution in [0.2, 0.25) is 0 Å². The highest BCUT2D eigenvalue weighted by Gasteiger charge is 2.45. The molecule has 1 heterocycles. The topological polar surface area (TPSA) is 92.6 Å². The van der Waals surface area contributed by atoms with Crippen LogP contribution in [0.25, 0.3) is 0 Å². The molecule has 24 heavy (non-hydrogen) atoms. The molecule has 2 rings (SSSR count). The molecular weight excluding hydrogens is 304 g/mol. The third-order valence-electron chi connectivity index (χ3n) is 4.35. The molecule has 0 radical (unpaired) electrons.